The largest absolute Gasteiger partial charge is 0.384 e. The van der Waals surface area contributed by atoms with Crippen molar-refractivity contribution in [1.29, 1.82) is 0 Å². The molecule has 3 heteroatoms. The van der Waals surface area contributed by atoms with Crippen molar-refractivity contribution < 1.29 is 0 Å². The molecule has 1 aromatic rings. The second kappa shape index (κ2) is 3.72. The zero-order valence-corrected chi connectivity index (χ0v) is 8.27. The lowest BCUT2D eigenvalue weighted by Crippen LogP contribution is -1.97. The van der Waals surface area contributed by atoms with E-state index in [9.17, 15) is 0 Å². The Labute approximate surface area is 75.2 Å². The number of pyridine rings is 1. The fourth-order valence-corrected chi connectivity index (χ4v) is 1.08. The number of nitrogens with one attached hydrogen (secondary N) is 1. The van der Waals surface area contributed by atoms with Crippen molar-refractivity contribution in [2.24, 2.45) is 0 Å². The van der Waals surface area contributed by atoms with Crippen LogP contribution in [0.25, 0.3) is 0 Å². The Hall–Kier alpha value is -0.570. The van der Waals surface area contributed by atoms with E-state index in [4.69, 9.17) is 0 Å². The van der Waals surface area contributed by atoms with Crippen LogP contribution in [-0.4, -0.2) is 11.5 Å². The van der Waals surface area contributed by atoms with E-state index in [1.54, 1.807) is 0 Å². The first-order valence-electron chi connectivity index (χ1n) is 3.60. The van der Waals surface area contributed by atoms with E-state index < -0.39 is 0 Å². The monoisotopic (exact) mass is 214 g/mol. The van der Waals surface area contributed by atoms with E-state index >= 15 is 0 Å². The van der Waals surface area contributed by atoms with E-state index in [2.05, 4.69) is 39.2 Å². The van der Waals surface area contributed by atoms with Gasteiger partial charge in [0.15, 0.2) is 0 Å². The van der Waals surface area contributed by atoms with Gasteiger partial charge in [0, 0.05) is 6.54 Å². The summed E-state index contributed by atoms with van der Waals surface area (Å²) in [6.07, 6.45) is 1.82. The fraction of sp³-hybridized carbons (Fsp3) is 0.375. The third-order valence-electron chi connectivity index (χ3n) is 1.40. The first kappa shape index (κ1) is 8.53. The SMILES string of the molecule is CCNc1cnc(Br)c(C)c1. The molecule has 0 amide bonds. The molecule has 1 aromatic heterocycles. The Morgan fingerprint density at radius 1 is 1.64 bits per heavy atom. The molecule has 0 atom stereocenters. The van der Waals surface area contributed by atoms with Crippen LogP contribution in [0.3, 0.4) is 0 Å². The van der Waals surface area contributed by atoms with Gasteiger partial charge >= 0.3 is 0 Å². The highest BCUT2D eigenvalue weighted by Gasteiger charge is 1.95. The van der Waals surface area contributed by atoms with E-state index in [-0.39, 0.29) is 0 Å². The van der Waals surface area contributed by atoms with Crippen LogP contribution in [0, 0.1) is 6.92 Å². The maximum Gasteiger partial charge on any atom is 0.109 e. The summed E-state index contributed by atoms with van der Waals surface area (Å²) in [4.78, 5) is 4.15. The number of aryl methyl sites for hydroxylation is 1. The molecule has 11 heavy (non-hydrogen) atoms. The number of nitrogens with zero attached hydrogens (tertiary/aromatic N) is 1. The number of aromatic nitrogens is 1. The average molecular weight is 215 g/mol. The molecular weight excluding hydrogens is 204 g/mol. The van der Waals surface area contributed by atoms with Gasteiger partial charge < -0.3 is 5.32 Å². The topological polar surface area (TPSA) is 24.9 Å². The van der Waals surface area contributed by atoms with Crippen LogP contribution in [0.15, 0.2) is 16.9 Å². The second-order valence-electron chi connectivity index (χ2n) is 2.36. The van der Waals surface area contributed by atoms with Gasteiger partial charge in [-0.1, -0.05) is 0 Å². The highest BCUT2D eigenvalue weighted by molar-refractivity contribution is 9.10. The summed E-state index contributed by atoms with van der Waals surface area (Å²) in [5.41, 5.74) is 2.23. The van der Waals surface area contributed by atoms with Crippen molar-refractivity contribution in [3.8, 4) is 0 Å². The maximum absolute atomic E-state index is 4.15. The van der Waals surface area contributed by atoms with E-state index in [0.29, 0.717) is 0 Å². The minimum absolute atomic E-state index is 0.916. The maximum atomic E-state index is 4.15. The molecule has 0 radical (unpaired) electrons. The standard InChI is InChI=1S/C8H11BrN2/c1-3-10-7-4-6(2)8(9)11-5-7/h4-5,10H,3H2,1-2H3. The molecule has 0 spiro atoms. The van der Waals surface area contributed by atoms with Gasteiger partial charge in [-0.3, -0.25) is 0 Å². The van der Waals surface area contributed by atoms with Crippen molar-refractivity contribution in [2.75, 3.05) is 11.9 Å². The Morgan fingerprint density at radius 2 is 2.36 bits per heavy atom. The van der Waals surface area contributed by atoms with Crippen molar-refractivity contribution in [3.05, 3.63) is 22.4 Å². The molecule has 0 aliphatic heterocycles. The van der Waals surface area contributed by atoms with Crippen molar-refractivity contribution in [3.63, 3.8) is 0 Å². The van der Waals surface area contributed by atoms with Crippen LogP contribution in [0.1, 0.15) is 12.5 Å². The Morgan fingerprint density at radius 3 is 2.91 bits per heavy atom. The summed E-state index contributed by atoms with van der Waals surface area (Å²) in [6, 6.07) is 2.07. The van der Waals surface area contributed by atoms with Gasteiger partial charge in [-0.25, -0.2) is 4.98 Å². The van der Waals surface area contributed by atoms with Crippen molar-refractivity contribution in [2.45, 2.75) is 13.8 Å². The number of anilines is 1. The van der Waals surface area contributed by atoms with Gasteiger partial charge in [-0.2, -0.15) is 0 Å². The summed E-state index contributed by atoms with van der Waals surface area (Å²) >= 11 is 3.34. The summed E-state index contributed by atoms with van der Waals surface area (Å²) in [7, 11) is 0. The molecule has 0 unspecified atom stereocenters. The molecule has 0 aliphatic rings. The van der Waals surface area contributed by atoms with Crippen LogP contribution in [0.5, 0.6) is 0 Å². The number of hydrogen-bond donors (Lipinski definition) is 1. The predicted octanol–water partition coefficient (Wildman–Crippen LogP) is 2.58. The molecule has 60 valence electrons. The molecule has 1 N–H and O–H groups in total. The average Bonchev–Trinajstić information content (AvgIpc) is 1.98. The number of rotatable bonds is 2. The summed E-state index contributed by atoms with van der Waals surface area (Å²) in [5, 5.41) is 3.19. The third kappa shape index (κ3) is 2.19. The van der Waals surface area contributed by atoms with Gasteiger partial charge in [0.25, 0.3) is 0 Å². The first-order chi connectivity index (χ1) is 5.24. The van der Waals surface area contributed by atoms with Crippen LogP contribution in [-0.2, 0) is 0 Å². The van der Waals surface area contributed by atoms with Crippen LogP contribution in [0.2, 0.25) is 0 Å². The van der Waals surface area contributed by atoms with Crippen LogP contribution in [0.4, 0.5) is 5.69 Å². The minimum atomic E-state index is 0.916. The van der Waals surface area contributed by atoms with Crippen LogP contribution >= 0.6 is 15.9 Å². The van der Waals surface area contributed by atoms with Crippen LogP contribution < -0.4 is 5.32 Å². The molecule has 1 rings (SSSR count). The van der Waals surface area contributed by atoms with Gasteiger partial charge in [0.2, 0.25) is 0 Å². The zero-order chi connectivity index (χ0) is 8.27. The van der Waals surface area contributed by atoms with E-state index in [0.717, 1.165) is 22.4 Å². The summed E-state index contributed by atoms with van der Waals surface area (Å²) in [6.45, 7) is 5.03. The predicted molar refractivity (Wildman–Crippen MR) is 50.8 cm³/mol. The molecule has 0 aromatic carbocycles. The Balaban J connectivity index is 2.86. The Kier molecular flexibility index (Phi) is 2.88. The highest BCUT2D eigenvalue weighted by atomic mass is 79.9. The molecule has 2 nitrogen and oxygen atoms in total. The number of halogens is 1. The molecule has 0 saturated carbocycles. The molecule has 1 heterocycles. The minimum Gasteiger partial charge on any atom is -0.384 e. The summed E-state index contributed by atoms with van der Waals surface area (Å²) < 4.78 is 0.916. The lowest BCUT2D eigenvalue weighted by Gasteiger charge is -2.03. The zero-order valence-electron chi connectivity index (χ0n) is 6.69. The number of hydrogen-bond acceptors (Lipinski definition) is 2. The molecule has 0 bridgehead atoms. The summed E-state index contributed by atoms with van der Waals surface area (Å²) in [5.74, 6) is 0. The highest BCUT2D eigenvalue weighted by Crippen LogP contribution is 2.16. The van der Waals surface area contributed by atoms with Gasteiger partial charge in [0.1, 0.15) is 4.60 Å². The second-order valence-corrected chi connectivity index (χ2v) is 3.11. The molecule has 0 saturated heterocycles. The quantitative estimate of drug-likeness (QED) is 0.767. The first-order valence-corrected chi connectivity index (χ1v) is 4.39. The van der Waals surface area contributed by atoms with Gasteiger partial charge in [0.05, 0.1) is 11.9 Å². The van der Waals surface area contributed by atoms with Gasteiger partial charge in [-0.05, 0) is 41.4 Å². The lowest BCUT2D eigenvalue weighted by molar-refractivity contribution is 1.16. The molecule has 0 aliphatic carbocycles. The fourth-order valence-electron chi connectivity index (χ4n) is 0.859. The van der Waals surface area contributed by atoms with E-state index in [1.807, 2.05) is 13.1 Å². The normalized spacial score (nSPS) is 9.73. The smallest absolute Gasteiger partial charge is 0.109 e. The molecular formula is C8H11BrN2. The molecule has 0 fully saturated rings. The Bertz CT molecular complexity index is 248. The van der Waals surface area contributed by atoms with E-state index in [1.165, 1.54) is 0 Å². The van der Waals surface area contributed by atoms with Crippen molar-refractivity contribution >= 4 is 21.6 Å². The lowest BCUT2D eigenvalue weighted by atomic mass is 10.3. The third-order valence-corrected chi connectivity index (χ3v) is 2.23. The van der Waals surface area contributed by atoms with Crippen molar-refractivity contribution in [1.82, 2.24) is 4.98 Å². The van der Waals surface area contributed by atoms with Gasteiger partial charge in [-0.15, -0.1) is 0 Å².